The average molecular weight is 277 g/mol. The number of rotatable bonds is 6. The fraction of sp³-hybridized carbons (Fsp3) is 0.789. The molecule has 20 heavy (non-hydrogen) atoms. The predicted octanol–water partition coefficient (Wildman–Crippen LogP) is 5.61. The van der Waals surface area contributed by atoms with E-state index in [1.807, 2.05) is 0 Å². The minimum Gasteiger partial charge on any atom is -0.322 e. The van der Waals surface area contributed by atoms with Gasteiger partial charge < -0.3 is 5.73 Å². The quantitative estimate of drug-likeness (QED) is 0.670. The van der Waals surface area contributed by atoms with Crippen molar-refractivity contribution in [2.45, 2.75) is 86.6 Å². The first kappa shape index (κ1) is 17.5. The Labute approximate surface area is 126 Å². The Morgan fingerprint density at radius 1 is 0.900 bits per heavy atom. The molecule has 0 aromatic rings. The fourth-order valence-corrected chi connectivity index (χ4v) is 3.06. The van der Waals surface area contributed by atoms with Gasteiger partial charge in [-0.25, -0.2) is 0 Å². The molecule has 0 saturated carbocycles. The normalized spacial score (nSPS) is 20.1. The second kappa shape index (κ2) is 5.67. The molecule has 1 aliphatic carbocycles. The smallest absolute Gasteiger partial charge is 0.0378 e. The van der Waals surface area contributed by atoms with Crippen molar-refractivity contribution in [2.75, 3.05) is 0 Å². The Bertz CT molecular complexity index is 419. The largest absolute Gasteiger partial charge is 0.322 e. The molecule has 116 valence electrons. The highest BCUT2D eigenvalue weighted by molar-refractivity contribution is 5.52. The summed E-state index contributed by atoms with van der Waals surface area (Å²) in [6, 6.07) is 0. The van der Waals surface area contributed by atoms with Gasteiger partial charge in [0.2, 0.25) is 0 Å². The van der Waals surface area contributed by atoms with Crippen LogP contribution in [0, 0.1) is 10.8 Å². The van der Waals surface area contributed by atoms with Crippen molar-refractivity contribution in [3.8, 4) is 0 Å². The van der Waals surface area contributed by atoms with E-state index >= 15 is 0 Å². The second-order valence-electron chi connectivity index (χ2n) is 7.92. The Kier molecular flexibility index (Phi) is 4.96. The maximum atomic E-state index is 6.61. The molecule has 0 aromatic carbocycles. The molecule has 1 rings (SSSR count). The minimum absolute atomic E-state index is 0.201. The molecule has 0 radical (unpaired) electrons. The first-order valence-electron chi connectivity index (χ1n) is 8.27. The Morgan fingerprint density at radius 2 is 1.40 bits per heavy atom. The van der Waals surface area contributed by atoms with Crippen LogP contribution in [0.5, 0.6) is 0 Å². The molecular formula is C19H35N. The summed E-state index contributed by atoms with van der Waals surface area (Å²) in [5, 5.41) is 0. The van der Waals surface area contributed by atoms with Crippen LogP contribution in [0.2, 0.25) is 0 Å². The molecule has 0 spiro atoms. The van der Waals surface area contributed by atoms with Crippen LogP contribution in [0.25, 0.3) is 0 Å². The van der Waals surface area contributed by atoms with Crippen molar-refractivity contribution in [2.24, 2.45) is 16.6 Å². The lowest BCUT2D eigenvalue weighted by Gasteiger charge is -2.38. The van der Waals surface area contributed by atoms with Gasteiger partial charge in [-0.05, 0) is 54.6 Å². The van der Waals surface area contributed by atoms with Gasteiger partial charge in [0.15, 0.2) is 0 Å². The van der Waals surface area contributed by atoms with E-state index in [-0.39, 0.29) is 16.4 Å². The van der Waals surface area contributed by atoms with Crippen LogP contribution >= 0.6 is 0 Å². The van der Waals surface area contributed by atoms with Gasteiger partial charge in [0.1, 0.15) is 0 Å². The average Bonchev–Trinajstić information content (AvgIpc) is 2.85. The zero-order valence-corrected chi connectivity index (χ0v) is 15.0. The molecule has 1 nitrogen and oxygen atoms in total. The van der Waals surface area contributed by atoms with Crippen molar-refractivity contribution >= 4 is 0 Å². The van der Waals surface area contributed by atoms with E-state index in [0.717, 1.165) is 19.3 Å². The molecule has 2 N–H and O–H groups in total. The van der Waals surface area contributed by atoms with E-state index in [2.05, 4.69) is 61.5 Å². The van der Waals surface area contributed by atoms with Gasteiger partial charge in [-0.3, -0.25) is 0 Å². The highest BCUT2D eigenvalue weighted by atomic mass is 14.7. The summed E-state index contributed by atoms with van der Waals surface area (Å²) in [6.45, 7) is 18.5. The lowest BCUT2D eigenvalue weighted by molar-refractivity contribution is 0.374. The molecule has 1 heteroatoms. The molecule has 0 amide bonds. The Balaban J connectivity index is 3.46. The number of hydrogen-bond acceptors (Lipinski definition) is 1. The third kappa shape index (κ3) is 3.03. The van der Waals surface area contributed by atoms with Gasteiger partial charge in [-0.1, -0.05) is 60.1 Å². The van der Waals surface area contributed by atoms with Gasteiger partial charge in [0, 0.05) is 5.54 Å². The first-order chi connectivity index (χ1) is 9.03. The van der Waals surface area contributed by atoms with Gasteiger partial charge >= 0.3 is 0 Å². The summed E-state index contributed by atoms with van der Waals surface area (Å²) in [6.07, 6.45) is 6.82. The van der Waals surface area contributed by atoms with E-state index in [1.165, 1.54) is 12.0 Å². The van der Waals surface area contributed by atoms with Crippen molar-refractivity contribution in [1.82, 2.24) is 0 Å². The van der Waals surface area contributed by atoms with Crippen molar-refractivity contribution in [3.05, 3.63) is 22.8 Å². The Morgan fingerprint density at radius 3 is 1.80 bits per heavy atom. The maximum Gasteiger partial charge on any atom is 0.0378 e. The second-order valence-corrected chi connectivity index (χ2v) is 7.92. The molecule has 1 unspecified atom stereocenters. The van der Waals surface area contributed by atoms with Gasteiger partial charge in [0.05, 0.1) is 0 Å². The zero-order chi connectivity index (χ0) is 15.8. The minimum atomic E-state index is -0.201. The monoisotopic (exact) mass is 277 g/mol. The maximum absolute atomic E-state index is 6.61. The van der Waals surface area contributed by atoms with Crippen LogP contribution in [0.3, 0.4) is 0 Å². The van der Waals surface area contributed by atoms with E-state index < -0.39 is 0 Å². The molecule has 0 aliphatic heterocycles. The predicted molar refractivity (Wildman–Crippen MR) is 90.8 cm³/mol. The highest BCUT2D eigenvalue weighted by Gasteiger charge is 2.40. The molecular weight excluding hydrogens is 242 g/mol. The first-order valence-corrected chi connectivity index (χ1v) is 8.27. The molecule has 0 saturated heterocycles. The SMILES string of the molecule is CCC(C)(C)C1=C(C(C)(C)CC)C(C(C)(N)CC)=CC1. The summed E-state index contributed by atoms with van der Waals surface area (Å²) in [4.78, 5) is 0. The summed E-state index contributed by atoms with van der Waals surface area (Å²) < 4.78 is 0. The third-order valence-corrected chi connectivity index (χ3v) is 5.69. The molecule has 0 fully saturated rings. The van der Waals surface area contributed by atoms with E-state index in [4.69, 9.17) is 5.73 Å². The number of allylic oxidation sites excluding steroid dienone is 2. The van der Waals surface area contributed by atoms with Crippen molar-refractivity contribution in [1.29, 1.82) is 0 Å². The van der Waals surface area contributed by atoms with E-state index in [1.54, 1.807) is 11.1 Å². The topological polar surface area (TPSA) is 26.0 Å². The lowest BCUT2D eigenvalue weighted by atomic mass is 9.68. The van der Waals surface area contributed by atoms with Crippen molar-refractivity contribution in [3.63, 3.8) is 0 Å². The molecule has 1 atom stereocenters. The third-order valence-electron chi connectivity index (χ3n) is 5.69. The van der Waals surface area contributed by atoms with E-state index in [9.17, 15) is 0 Å². The van der Waals surface area contributed by atoms with Crippen LogP contribution < -0.4 is 5.73 Å². The Hall–Kier alpha value is -0.560. The van der Waals surface area contributed by atoms with Gasteiger partial charge in [-0.15, -0.1) is 0 Å². The molecule has 0 bridgehead atoms. The molecule has 0 heterocycles. The molecule has 0 aromatic heterocycles. The summed E-state index contributed by atoms with van der Waals surface area (Å²) >= 11 is 0. The zero-order valence-electron chi connectivity index (χ0n) is 15.0. The van der Waals surface area contributed by atoms with Crippen LogP contribution in [0.4, 0.5) is 0 Å². The summed E-state index contributed by atoms with van der Waals surface area (Å²) in [7, 11) is 0. The van der Waals surface area contributed by atoms with Crippen LogP contribution in [-0.4, -0.2) is 5.54 Å². The van der Waals surface area contributed by atoms with Gasteiger partial charge in [0.25, 0.3) is 0 Å². The van der Waals surface area contributed by atoms with Crippen LogP contribution in [-0.2, 0) is 0 Å². The van der Waals surface area contributed by atoms with Crippen LogP contribution in [0.15, 0.2) is 22.8 Å². The van der Waals surface area contributed by atoms with E-state index in [0.29, 0.717) is 0 Å². The lowest BCUT2D eigenvalue weighted by Crippen LogP contribution is -2.40. The number of nitrogens with two attached hydrogens (primary N) is 1. The fourth-order valence-electron chi connectivity index (χ4n) is 3.06. The van der Waals surface area contributed by atoms with Gasteiger partial charge in [-0.2, -0.15) is 0 Å². The number of hydrogen-bond donors (Lipinski definition) is 1. The summed E-state index contributed by atoms with van der Waals surface area (Å²) in [5.74, 6) is 0. The standard InChI is InChI=1S/C19H35N/c1-9-17(4,5)14-12-13-15(19(8,20)11-3)16(14)18(6,7)10-2/h13H,9-12,20H2,1-8H3. The summed E-state index contributed by atoms with van der Waals surface area (Å²) in [5.41, 5.74) is 11.5. The van der Waals surface area contributed by atoms with Crippen LogP contribution in [0.1, 0.15) is 81.1 Å². The van der Waals surface area contributed by atoms with Crippen molar-refractivity contribution < 1.29 is 0 Å². The molecule has 1 aliphatic rings. The highest BCUT2D eigenvalue weighted by Crippen LogP contribution is 2.51.